The molecule has 1 unspecified atom stereocenters. The molecule has 2 aromatic rings. The lowest BCUT2D eigenvalue weighted by Gasteiger charge is -2.26. The van der Waals surface area contributed by atoms with Gasteiger partial charge in [0.15, 0.2) is 5.82 Å². The number of ether oxygens (including phenoxy) is 1. The van der Waals surface area contributed by atoms with Gasteiger partial charge in [-0.05, 0) is 6.92 Å². The molecule has 1 aliphatic heterocycles. The molecule has 0 aliphatic carbocycles. The number of aromatic nitrogens is 5. The maximum absolute atomic E-state index is 12.6. The monoisotopic (exact) mass is 357 g/mol. The van der Waals surface area contributed by atoms with E-state index in [9.17, 15) is 13.2 Å². The molecule has 25 heavy (non-hydrogen) atoms. The second kappa shape index (κ2) is 6.92. The highest BCUT2D eigenvalue weighted by atomic mass is 19.4. The van der Waals surface area contributed by atoms with Crippen molar-refractivity contribution >= 4 is 5.95 Å². The van der Waals surface area contributed by atoms with E-state index < -0.39 is 11.7 Å². The number of nitrogens with zero attached hydrogens (tertiary/aromatic N) is 6. The molecule has 0 saturated carbocycles. The van der Waals surface area contributed by atoms with Gasteiger partial charge < -0.3 is 15.4 Å². The van der Waals surface area contributed by atoms with E-state index >= 15 is 0 Å². The van der Waals surface area contributed by atoms with Gasteiger partial charge in [0.05, 0.1) is 25.3 Å². The molecule has 11 heteroatoms. The Bertz CT molecular complexity index is 714. The SMILES string of the molecule is CC(N)COCc1nc2n(n1)CCN(c1ncc(C(F)(F)F)cn1)C2. The number of rotatable bonds is 5. The second-order valence-electron chi connectivity index (χ2n) is 5.85. The summed E-state index contributed by atoms with van der Waals surface area (Å²) in [6.45, 7) is 3.95. The molecule has 0 fully saturated rings. The highest BCUT2D eigenvalue weighted by Gasteiger charge is 2.32. The van der Waals surface area contributed by atoms with Crippen LogP contribution in [-0.2, 0) is 30.6 Å². The summed E-state index contributed by atoms with van der Waals surface area (Å²) in [4.78, 5) is 13.8. The number of hydrogen-bond donors (Lipinski definition) is 1. The molecule has 2 aromatic heterocycles. The number of fused-ring (bicyclic) bond motifs is 1. The summed E-state index contributed by atoms with van der Waals surface area (Å²) < 4.78 is 44.9. The van der Waals surface area contributed by atoms with Crippen LogP contribution >= 0.6 is 0 Å². The van der Waals surface area contributed by atoms with E-state index in [4.69, 9.17) is 10.5 Å². The molecule has 0 spiro atoms. The van der Waals surface area contributed by atoms with Crippen molar-refractivity contribution in [3.63, 3.8) is 0 Å². The van der Waals surface area contributed by atoms with Crippen molar-refractivity contribution in [2.75, 3.05) is 18.1 Å². The van der Waals surface area contributed by atoms with E-state index in [0.29, 0.717) is 37.9 Å². The molecule has 1 aliphatic rings. The number of alkyl halides is 3. The van der Waals surface area contributed by atoms with Gasteiger partial charge in [0.2, 0.25) is 5.95 Å². The summed E-state index contributed by atoms with van der Waals surface area (Å²) in [6.07, 6.45) is -2.87. The molecule has 0 amide bonds. The van der Waals surface area contributed by atoms with E-state index in [-0.39, 0.29) is 18.6 Å². The zero-order chi connectivity index (χ0) is 18.0. The fourth-order valence-corrected chi connectivity index (χ4v) is 2.39. The summed E-state index contributed by atoms with van der Waals surface area (Å²) >= 11 is 0. The van der Waals surface area contributed by atoms with Crippen LogP contribution < -0.4 is 10.6 Å². The highest BCUT2D eigenvalue weighted by Crippen LogP contribution is 2.28. The molecule has 0 radical (unpaired) electrons. The second-order valence-corrected chi connectivity index (χ2v) is 5.85. The minimum absolute atomic E-state index is 0.0652. The summed E-state index contributed by atoms with van der Waals surface area (Å²) in [5.74, 6) is 1.47. The number of nitrogens with two attached hydrogens (primary N) is 1. The van der Waals surface area contributed by atoms with Crippen LogP contribution in [0.4, 0.5) is 19.1 Å². The summed E-state index contributed by atoms with van der Waals surface area (Å²) in [7, 11) is 0. The Morgan fingerprint density at radius 1 is 1.28 bits per heavy atom. The van der Waals surface area contributed by atoms with Crippen LogP contribution in [0.3, 0.4) is 0 Å². The van der Waals surface area contributed by atoms with E-state index in [1.807, 2.05) is 6.92 Å². The molecular weight excluding hydrogens is 339 g/mol. The first-order valence-corrected chi connectivity index (χ1v) is 7.73. The third kappa shape index (κ3) is 4.23. The van der Waals surface area contributed by atoms with Crippen LogP contribution in [-0.4, -0.2) is 43.9 Å². The standard InChI is InChI=1S/C14H18F3N7O/c1-9(18)7-25-8-11-21-12-6-23(2-3-24(12)22-11)13-19-4-10(5-20-13)14(15,16)17/h4-5,9H,2-3,6-8,18H2,1H3. The maximum atomic E-state index is 12.6. The molecule has 0 aromatic carbocycles. The molecule has 0 bridgehead atoms. The first kappa shape index (κ1) is 17.5. The van der Waals surface area contributed by atoms with Gasteiger partial charge in [-0.15, -0.1) is 0 Å². The third-order valence-electron chi connectivity index (χ3n) is 3.57. The lowest BCUT2D eigenvalue weighted by Crippen LogP contribution is -2.35. The van der Waals surface area contributed by atoms with Crippen LogP contribution in [0.1, 0.15) is 24.1 Å². The van der Waals surface area contributed by atoms with Crippen molar-refractivity contribution in [1.29, 1.82) is 0 Å². The summed E-state index contributed by atoms with van der Waals surface area (Å²) in [6, 6.07) is -0.0652. The van der Waals surface area contributed by atoms with Crippen LogP contribution in [0, 0.1) is 0 Å². The third-order valence-corrected chi connectivity index (χ3v) is 3.57. The Kier molecular flexibility index (Phi) is 4.86. The summed E-state index contributed by atoms with van der Waals surface area (Å²) in [5, 5.41) is 4.35. The van der Waals surface area contributed by atoms with Crippen molar-refractivity contribution in [2.24, 2.45) is 5.73 Å². The van der Waals surface area contributed by atoms with Gasteiger partial charge in [-0.3, -0.25) is 0 Å². The van der Waals surface area contributed by atoms with Gasteiger partial charge >= 0.3 is 6.18 Å². The molecule has 3 heterocycles. The van der Waals surface area contributed by atoms with Gasteiger partial charge in [-0.2, -0.15) is 18.3 Å². The minimum atomic E-state index is -4.45. The van der Waals surface area contributed by atoms with Crippen LogP contribution in [0.2, 0.25) is 0 Å². The largest absolute Gasteiger partial charge is 0.419 e. The van der Waals surface area contributed by atoms with Crippen LogP contribution in [0.25, 0.3) is 0 Å². The average molecular weight is 357 g/mol. The Hall–Kier alpha value is -2.27. The van der Waals surface area contributed by atoms with Crippen molar-refractivity contribution in [2.45, 2.75) is 38.8 Å². The van der Waals surface area contributed by atoms with Crippen molar-refractivity contribution in [3.8, 4) is 0 Å². The molecule has 136 valence electrons. The Morgan fingerprint density at radius 2 is 2.00 bits per heavy atom. The molecule has 3 rings (SSSR count). The highest BCUT2D eigenvalue weighted by molar-refractivity contribution is 5.31. The van der Waals surface area contributed by atoms with Gasteiger partial charge in [-0.1, -0.05) is 0 Å². The first-order valence-electron chi connectivity index (χ1n) is 7.73. The molecule has 1 atom stereocenters. The average Bonchev–Trinajstić information content (AvgIpc) is 2.95. The number of anilines is 1. The molecule has 8 nitrogen and oxygen atoms in total. The van der Waals surface area contributed by atoms with E-state index in [2.05, 4.69) is 20.1 Å². The normalized spacial score (nSPS) is 16.0. The Morgan fingerprint density at radius 3 is 2.64 bits per heavy atom. The van der Waals surface area contributed by atoms with Gasteiger partial charge in [0.25, 0.3) is 0 Å². The van der Waals surface area contributed by atoms with E-state index in [0.717, 1.165) is 12.4 Å². The number of hydrogen-bond acceptors (Lipinski definition) is 7. The lowest BCUT2D eigenvalue weighted by atomic mass is 10.3. The van der Waals surface area contributed by atoms with Crippen molar-refractivity contribution in [1.82, 2.24) is 24.7 Å². The zero-order valence-electron chi connectivity index (χ0n) is 13.6. The van der Waals surface area contributed by atoms with Gasteiger partial charge in [-0.25, -0.2) is 19.6 Å². The Balaban J connectivity index is 1.65. The fourth-order valence-electron chi connectivity index (χ4n) is 2.39. The molecule has 0 saturated heterocycles. The van der Waals surface area contributed by atoms with Gasteiger partial charge in [0.1, 0.15) is 12.4 Å². The number of halogens is 3. The van der Waals surface area contributed by atoms with E-state index in [1.54, 1.807) is 9.58 Å². The minimum Gasteiger partial charge on any atom is -0.372 e. The first-order chi connectivity index (χ1) is 11.8. The summed E-state index contributed by atoms with van der Waals surface area (Å²) in [5.41, 5.74) is 4.74. The fraction of sp³-hybridized carbons (Fsp3) is 0.571. The smallest absolute Gasteiger partial charge is 0.372 e. The zero-order valence-corrected chi connectivity index (χ0v) is 13.6. The van der Waals surface area contributed by atoms with E-state index in [1.165, 1.54) is 0 Å². The maximum Gasteiger partial charge on any atom is 0.419 e. The Labute approximate surface area is 141 Å². The predicted octanol–water partition coefficient (Wildman–Crippen LogP) is 0.971. The molecular formula is C14H18F3N7O. The predicted molar refractivity (Wildman–Crippen MR) is 81.4 cm³/mol. The van der Waals surface area contributed by atoms with Crippen molar-refractivity contribution in [3.05, 3.63) is 29.6 Å². The van der Waals surface area contributed by atoms with Crippen molar-refractivity contribution < 1.29 is 17.9 Å². The van der Waals surface area contributed by atoms with Gasteiger partial charge in [0, 0.05) is 25.0 Å². The lowest BCUT2D eigenvalue weighted by molar-refractivity contribution is -0.138. The molecule has 2 N–H and O–H groups in total. The topological polar surface area (TPSA) is 95.0 Å². The quantitative estimate of drug-likeness (QED) is 0.852. The van der Waals surface area contributed by atoms with Crippen LogP contribution in [0.5, 0.6) is 0 Å². The van der Waals surface area contributed by atoms with Crippen LogP contribution in [0.15, 0.2) is 12.4 Å².